The number of aliphatic hydroxyl groups is 1. The van der Waals surface area contributed by atoms with Gasteiger partial charge in [0.05, 0.1) is 41.2 Å². The van der Waals surface area contributed by atoms with Crippen LogP contribution in [0.1, 0.15) is 22.5 Å². The van der Waals surface area contributed by atoms with Crippen LogP contribution in [0.2, 0.25) is 0 Å². The number of nitriles is 1. The van der Waals surface area contributed by atoms with Crippen LogP contribution in [0.4, 0.5) is 20.2 Å². The van der Waals surface area contributed by atoms with Crippen molar-refractivity contribution in [3.63, 3.8) is 0 Å². The molecule has 0 aliphatic carbocycles. The number of rotatable bonds is 8. The molecule has 1 aliphatic heterocycles. The smallest absolute Gasteiger partial charge is 0.274 e. The van der Waals surface area contributed by atoms with Crippen LogP contribution in [0.25, 0.3) is 22.5 Å². The molecular formula is C29H28B3F2N7O3. The summed E-state index contributed by atoms with van der Waals surface area (Å²) in [6.45, 7) is 0.262. The van der Waals surface area contributed by atoms with Crippen molar-refractivity contribution in [2.45, 2.75) is 23.8 Å². The number of carbonyl (C=O) groups is 1. The van der Waals surface area contributed by atoms with Gasteiger partial charge in [0.1, 0.15) is 35.0 Å². The predicted octanol–water partition coefficient (Wildman–Crippen LogP) is 0.395. The van der Waals surface area contributed by atoms with E-state index in [2.05, 4.69) is 26.3 Å². The Kier molecular flexibility index (Phi) is 8.67. The topological polar surface area (TPSA) is 150 Å². The first-order valence-electron chi connectivity index (χ1n) is 13.9. The number of ether oxygens (including phenoxy) is 1. The fourth-order valence-corrected chi connectivity index (χ4v) is 5.13. The van der Waals surface area contributed by atoms with Crippen LogP contribution in [0.5, 0.6) is 5.75 Å². The summed E-state index contributed by atoms with van der Waals surface area (Å²) in [5, 5.41) is 21.7. The Morgan fingerprint density at radius 2 is 1.95 bits per heavy atom. The lowest BCUT2D eigenvalue weighted by atomic mass is 9.52. The quantitative estimate of drug-likeness (QED) is 0.247. The van der Waals surface area contributed by atoms with Crippen molar-refractivity contribution in [2.24, 2.45) is 5.73 Å². The maximum Gasteiger partial charge on any atom is 0.274 e. The fraction of sp³-hybridized carbons (Fsp3) is 0.207. The Bertz CT molecular complexity index is 1770. The number of hydrogen-bond acceptors (Lipinski definition) is 9. The molecule has 3 heterocycles. The van der Waals surface area contributed by atoms with Gasteiger partial charge in [-0.1, -0.05) is 6.07 Å². The Morgan fingerprint density at radius 1 is 1.18 bits per heavy atom. The molecule has 4 aromatic rings. The second-order valence-electron chi connectivity index (χ2n) is 11.4. The zero-order chi connectivity index (χ0) is 31.6. The minimum absolute atomic E-state index is 0.105. The molecule has 1 aliphatic rings. The summed E-state index contributed by atoms with van der Waals surface area (Å²) in [6.07, 6.45) is 4.93. The normalized spacial score (nSPS) is 16.4. The van der Waals surface area contributed by atoms with E-state index in [1.54, 1.807) is 54.0 Å². The van der Waals surface area contributed by atoms with Gasteiger partial charge in [-0.15, -0.1) is 0 Å². The van der Waals surface area contributed by atoms with Crippen LogP contribution < -0.4 is 20.7 Å². The minimum atomic E-state index is -0.852. The van der Waals surface area contributed by atoms with E-state index < -0.39 is 22.8 Å². The summed E-state index contributed by atoms with van der Waals surface area (Å²) in [5.74, 6) is -2.83. The number of benzene rings is 2. The van der Waals surface area contributed by atoms with Crippen molar-refractivity contribution in [3.05, 3.63) is 83.9 Å². The summed E-state index contributed by atoms with van der Waals surface area (Å²) < 4.78 is 35.5. The number of aromatic nitrogens is 3. The highest BCUT2D eigenvalue weighted by atomic mass is 19.1. The highest BCUT2D eigenvalue weighted by molar-refractivity contribution is 6.58. The number of hydrogen-bond donors (Lipinski definition) is 3. The van der Waals surface area contributed by atoms with Gasteiger partial charge in [-0.25, -0.2) is 18.7 Å². The van der Waals surface area contributed by atoms with Gasteiger partial charge < -0.3 is 25.8 Å². The van der Waals surface area contributed by atoms with Crippen LogP contribution in [0.3, 0.4) is 0 Å². The molecule has 2 atom stereocenters. The van der Waals surface area contributed by atoms with Gasteiger partial charge >= 0.3 is 0 Å². The number of nitrogens with two attached hydrogens (primary N) is 1. The summed E-state index contributed by atoms with van der Waals surface area (Å²) in [6, 6.07) is 11.7. The second kappa shape index (κ2) is 12.4. The van der Waals surface area contributed by atoms with Gasteiger partial charge in [0, 0.05) is 42.0 Å². The number of halogens is 2. The standard InChI is InChI=1S/C29H28B3F2N7O3/c30-29(31,32)44-26-21(34)3-2-20(33)25(26)27-38-8-6-23(39-27)28(43)40-22-4-1-15(19-12-37-7-5-16(19)11-35)9-24(22)41-13-17(36)10-18(41)14-42/h1-9,12,17-18,42H,10,13-14,30-32,36H2,(H,40,43). The van der Waals surface area contributed by atoms with Gasteiger partial charge in [-0.05, 0) is 48.4 Å². The first-order chi connectivity index (χ1) is 21.0. The minimum Gasteiger partial charge on any atom is -0.510 e. The molecule has 220 valence electrons. The molecule has 2 aromatic carbocycles. The first kappa shape index (κ1) is 30.7. The van der Waals surface area contributed by atoms with Crippen molar-refractivity contribution >= 4 is 40.8 Å². The third kappa shape index (κ3) is 6.41. The monoisotopic (exact) mass is 593 g/mol. The number of amides is 1. The van der Waals surface area contributed by atoms with Gasteiger partial charge in [0.25, 0.3) is 5.91 Å². The lowest BCUT2D eigenvalue weighted by Gasteiger charge is -2.28. The molecule has 0 bridgehead atoms. The molecule has 2 aromatic heterocycles. The summed E-state index contributed by atoms with van der Waals surface area (Å²) in [7, 11) is 5.08. The van der Waals surface area contributed by atoms with Crippen molar-refractivity contribution in [1.82, 2.24) is 15.0 Å². The van der Waals surface area contributed by atoms with E-state index in [4.69, 9.17) is 10.5 Å². The molecular weight excluding hydrogens is 565 g/mol. The van der Waals surface area contributed by atoms with Crippen LogP contribution in [-0.2, 0) is 0 Å². The summed E-state index contributed by atoms with van der Waals surface area (Å²) >= 11 is 0. The average molecular weight is 593 g/mol. The van der Waals surface area contributed by atoms with Gasteiger partial charge in [0.15, 0.2) is 17.4 Å². The molecule has 1 amide bonds. The van der Waals surface area contributed by atoms with E-state index in [1.165, 1.54) is 18.5 Å². The highest BCUT2D eigenvalue weighted by Gasteiger charge is 2.32. The molecule has 1 fully saturated rings. The van der Waals surface area contributed by atoms with Crippen LogP contribution in [0.15, 0.2) is 61.1 Å². The molecule has 44 heavy (non-hydrogen) atoms. The Morgan fingerprint density at radius 3 is 2.68 bits per heavy atom. The Labute approximate surface area is 255 Å². The van der Waals surface area contributed by atoms with E-state index >= 15 is 4.39 Å². The second-order valence-corrected chi connectivity index (χ2v) is 11.4. The molecule has 2 unspecified atom stereocenters. The van der Waals surface area contributed by atoms with E-state index in [1.807, 2.05) is 4.90 Å². The third-order valence-electron chi connectivity index (χ3n) is 7.04. The van der Waals surface area contributed by atoms with Crippen molar-refractivity contribution in [3.8, 4) is 34.3 Å². The Balaban J connectivity index is 1.54. The number of carbonyl (C=O) groups excluding carboxylic acids is 1. The SMILES string of the molecule is BC(B)(B)Oc1c(F)ccc(F)c1-c1nccc(C(=O)Nc2ccc(-c3cnccc3C#N)cc2N2CC(N)CC2CO)n1. The molecule has 10 nitrogen and oxygen atoms in total. The van der Waals surface area contributed by atoms with Crippen molar-refractivity contribution in [1.29, 1.82) is 5.26 Å². The van der Waals surface area contributed by atoms with Crippen LogP contribution in [0, 0.1) is 23.0 Å². The maximum absolute atomic E-state index is 15.0. The molecule has 5 rings (SSSR count). The van der Waals surface area contributed by atoms with E-state index in [0.717, 1.165) is 12.1 Å². The largest absolute Gasteiger partial charge is 0.510 e. The number of nitrogens with zero attached hydrogens (tertiary/aromatic N) is 5. The van der Waals surface area contributed by atoms with Gasteiger partial charge in [-0.2, -0.15) is 5.26 Å². The van der Waals surface area contributed by atoms with Crippen LogP contribution in [-0.4, -0.2) is 80.0 Å². The predicted molar refractivity (Wildman–Crippen MR) is 170 cm³/mol. The van der Waals surface area contributed by atoms with E-state index in [9.17, 15) is 19.6 Å². The molecule has 0 radical (unpaired) electrons. The molecule has 0 spiro atoms. The fourth-order valence-electron chi connectivity index (χ4n) is 5.13. The lowest BCUT2D eigenvalue weighted by molar-refractivity contribution is 0.102. The molecule has 15 heteroatoms. The molecule has 4 N–H and O–H groups in total. The maximum atomic E-state index is 15.0. The van der Waals surface area contributed by atoms with Crippen molar-refractivity contribution < 1.29 is 23.4 Å². The highest BCUT2D eigenvalue weighted by Crippen LogP contribution is 2.37. The Hall–Kier alpha value is -4.80. The summed E-state index contributed by atoms with van der Waals surface area (Å²) in [5.41, 5.74) is 8.49. The number of pyridine rings is 1. The molecule has 0 saturated carbocycles. The van der Waals surface area contributed by atoms with E-state index in [-0.39, 0.29) is 41.5 Å². The van der Waals surface area contributed by atoms with Gasteiger partial charge in [-0.3, -0.25) is 9.78 Å². The third-order valence-corrected chi connectivity index (χ3v) is 7.04. The van der Waals surface area contributed by atoms with Crippen molar-refractivity contribution in [2.75, 3.05) is 23.4 Å². The van der Waals surface area contributed by atoms with E-state index in [0.29, 0.717) is 41.0 Å². The lowest BCUT2D eigenvalue weighted by Crippen LogP contribution is -2.38. The average Bonchev–Trinajstić information content (AvgIpc) is 3.39. The zero-order valence-electron chi connectivity index (χ0n) is 24.4. The zero-order valence-corrected chi connectivity index (χ0v) is 24.4. The van der Waals surface area contributed by atoms with Gasteiger partial charge in [0.2, 0.25) is 0 Å². The first-order valence-corrected chi connectivity index (χ1v) is 13.9. The number of nitrogens with one attached hydrogen (secondary N) is 1. The van der Waals surface area contributed by atoms with Crippen LogP contribution >= 0.6 is 0 Å². The number of aliphatic hydroxyl groups excluding tert-OH is 1. The number of anilines is 2. The molecule has 1 saturated heterocycles. The summed E-state index contributed by atoms with van der Waals surface area (Å²) in [4.78, 5) is 28.0.